The number of nitrogens with zero attached hydrogens (tertiary/aromatic N) is 1. The molecule has 0 aromatic heterocycles. The third-order valence-electron chi connectivity index (χ3n) is 5.78. The van der Waals surface area contributed by atoms with E-state index in [4.69, 9.17) is 16.3 Å². The number of nitrogens with one attached hydrogen (secondary N) is 1. The molecular weight excluding hydrogens is 452 g/mol. The number of esters is 1. The lowest BCUT2D eigenvalue weighted by molar-refractivity contribution is -0.120. The maximum Gasteiger partial charge on any atom is 0.343 e. The normalized spacial score (nSPS) is 13.5. The van der Waals surface area contributed by atoms with Gasteiger partial charge in [-0.05, 0) is 86.3 Å². The van der Waals surface area contributed by atoms with Gasteiger partial charge in [-0.1, -0.05) is 35.9 Å². The number of imide groups is 1. The molecule has 0 saturated heterocycles. The molecule has 0 spiro atoms. The second-order valence-electron chi connectivity index (χ2n) is 8.21. The molecule has 1 N–H and O–H groups in total. The summed E-state index contributed by atoms with van der Waals surface area (Å²) in [4.78, 5) is 39.5. The number of rotatable bonds is 5. The number of halogens is 1. The van der Waals surface area contributed by atoms with Crippen molar-refractivity contribution in [1.29, 1.82) is 0 Å². The Labute approximate surface area is 202 Å². The zero-order valence-electron chi connectivity index (χ0n) is 19.2. The molecule has 0 saturated carbocycles. The number of hydrogen-bond acceptors (Lipinski definition) is 5. The van der Waals surface area contributed by atoms with E-state index >= 15 is 0 Å². The van der Waals surface area contributed by atoms with Crippen molar-refractivity contribution in [2.75, 3.05) is 10.2 Å². The van der Waals surface area contributed by atoms with Crippen LogP contribution in [0.5, 0.6) is 5.75 Å². The zero-order chi connectivity index (χ0) is 24.6. The van der Waals surface area contributed by atoms with Crippen LogP contribution in [0.15, 0.2) is 71.4 Å². The first-order chi connectivity index (χ1) is 16.2. The van der Waals surface area contributed by atoms with Crippen molar-refractivity contribution in [3.63, 3.8) is 0 Å². The lowest BCUT2D eigenvalue weighted by Gasteiger charge is -2.18. The van der Waals surface area contributed by atoms with E-state index in [-0.39, 0.29) is 10.7 Å². The Kier molecular flexibility index (Phi) is 6.26. The van der Waals surface area contributed by atoms with E-state index in [0.29, 0.717) is 22.7 Å². The summed E-state index contributed by atoms with van der Waals surface area (Å²) in [6.07, 6.45) is 0. The van der Waals surface area contributed by atoms with E-state index in [1.165, 1.54) is 0 Å². The average molecular weight is 475 g/mol. The van der Waals surface area contributed by atoms with Crippen LogP contribution in [0.3, 0.4) is 0 Å². The average Bonchev–Trinajstić information content (AvgIpc) is 3.02. The molecule has 0 atom stereocenters. The molecule has 34 heavy (non-hydrogen) atoms. The van der Waals surface area contributed by atoms with Crippen LogP contribution in [0.2, 0.25) is 0 Å². The number of hydrogen-bond donors (Lipinski definition) is 1. The fraction of sp³-hybridized carbons (Fsp3) is 0.148. The van der Waals surface area contributed by atoms with Crippen LogP contribution in [0.25, 0.3) is 0 Å². The predicted octanol–water partition coefficient (Wildman–Crippen LogP) is 5.58. The van der Waals surface area contributed by atoms with Gasteiger partial charge in [0, 0.05) is 5.69 Å². The van der Waals surface area contributed by atoms with E-state index < -0.39 is 17.8 Å². The molecule has 172 valence electrons. The maximum atomic E-state index is 13.1. The van der Waals surface area contributed by atoms with E-state index in [0.717, 1.165) is 27.2 Å². The standard InChI is InChI=1S/C27H23ClN2O4/c1-15-8-9-17(3)21(14-15)30-25(31)23(28)24(26(30)32)29-20-12-10-19(11-13-20)27(33)34-22-7-5-6-16(2)18(22)4/h5-14,29H,1-4H3. The molecule has 7 heteroatoms. The van der Waals surface area contributed by atoms with Gasteiger partial charge < -0.3 is 10.1 Å². The molecule has 4 rings (SSSR count). The fourth-order valence-electron chi connectivity index (χ4n) is 3.62. The van der Waals surface area contributed by atoms with Gasteiger partial charge in [-0.2, -0.15) is 0 Å². The summed E-state index contributed by atoms with van der Waals surface area (Å²) >= 11 is 6.24. The minimum atomic E-state index is -0.586. The smallest absolute Gasteiger partial charge is 0.343 e. The Hall–Kier alpha value is -3.90. The summed E-state index contributed by atoms with van der Waals surface area (Å²) in [7, 11) is 0. The van der Waals surface area contributed by atoms with Crippen molar-refractivity contribution in [1.82, 2.24) is 0 Å². The fourth-order valence-corrected chi connectivity index (χ4v) is 3.83. The van der Waals surface area contributed by atoms with Gasteiger partial charge in [0.25, 0.3) is 11.8 Å². The lowest BCUT2D eigenvalue weighted by atomic mass is 10.1. The second kappa shape index (κ2) is 9.15. The first-order valence-corrected chi connectivity index (χ1v) is 11.1. The minimum Gasteiger partial charge on any atom is -0.423 e. The van der Waals surface area contributed by atoms with Gasteiger partial charge >= 0.3 is 5.97 Å². The number of anilines is 2. The van der Waals surface area contributed by atoms with E-state index in [9.17, 15) is 14.4 Å². The van der Waals surface area contributed by atoms with Crippen LogP contribution >= 0.6 is 11.6 Å². The van der Waals surface area contributed by atoms with E-state index in [2.05, 4.69) is 5.32 Å². The van der Waals surface area contributed by atoms with Crippen LogP contribution in [0.1, 0.15) is 32.6 Å². The van der Waals surface area contributed by atoms with Crippen molar-refractivity contribution >= 4 is 40.8 Å². The Balaban J connectivity index is 1.51. The van der Waals surface area contributed by atoms with Crippen molar-refractivity contribution in [2.24, 2.45) is 0 Å². The Morgan fingerprint density at radius 3 is 2.29 bits per heavy atom. The molecule has 2 amide bonds. The number of ether oxygens (including phenoxy) is 1. The van der Waals surface area contributed by atoms with Crippen LogP contribution in [-0.4, -0.2) is 17.8 Å². The molecule has 0 aliphatic carbocycles. The summed E-state index contributed by atoms with van der Waals surface area (Å²) < 4.78 is 5.52. The molecule has 6 nitrogen and oxygen atoms in total. The highest BCUT2D eigenvalue weighted by Crippen LogP contribution is 2.32. The monoisotopic (exact) mass is 474 g/mol. The quantitative estimate of drug-likeness (QED) is 0.297. The minimum absolute atomic E-state index is 0.0155. The highest BCUT2D eigenvalue weighted by molar-refractivity contribution is 6.53. The van der Waals surface area contributed by atoms with Gasteiger partial charge in [0.2, 0.25) is 0 Å². The zero-order valence-corrected chi connectivity index (χ0v) is 20.0. The van der Waals surface area contributed by atoms with Crippen LogP contribution in [0.4, 0.5) is 11.4 Å². The summed E-state index contributed by atoms with van der Waals surface area (Å²) in [5.41, 5.74) is 4.95. The summed E-state index contributed by atoms with van der Waals surface area (Å²) in [5, 5.41) is 2.73. The Morgan fingerprint density at radius 2 is 1.59 bits per heavy atom. The van der Waals surface area contributed by atoms with Gasteiger partial charge in [0.05, 0.1) is 11.3 Å². The van der Waals surface area contributed by atoms with Crippen LogP contribution in [-0.2, 0) is 9.59 Å². The summed E-state index contributed by atoms with van der Waals surface area (Å²) in [6.45, 7) is 7.55. The van der Waals surface area contributed by atoms with Gasteiger partial charge in [-0.15, -0.1) is 0 Å². The molecule has 0 fully saturated rings. The van der Waals surface area contributed by atoms with Crippen LogP contribution in [0, 0.1) is 27.7 Å². The van der Waals surface area contributed by atoms with Crippen molar-refractivity contribution in [2.45, 2.75) is 27.7 Å². The molecular formula is C27H23ClN2O4. The van der Waals surface area contributed by atoms with Gasteiger partial charge in [-0.25, -0.2) is 9.69 Å². The first kappa shape index (κ1) is 23.3. The highest BCUT2D eigenvalue weighted by Gasteiger charge is 2.39. The van der Waals surface area contributed by atoms with Gasteiger partial charge in [0.15, 0.2) is 0 Å². The van der Waals surface area contributed by atoms with Crippen LogP contribution < -0.4 is 15.0 Å². The molecule has 0 bridgehead atoms. The van der Waals surface area contributed by atoms with Crippen molar-refractivity contribution in [3.8, 4) is 5.75 Å². The molecule has 0 unspecified atom stereocenters. The highest BCUT2D eigenvalue weighted by atomic mass is 35.5. The lowest BCUT2D eigenvalue weighted by Crippen LogP contribution is -2.32. The van der Waals surface area contributed by atoms with Gasteiger partial charge in [-0.3, -0.25) is 9.59 Å². The topological polar surface area (TPSA) is 75.7 Å². The number of aryl methyl sites for hydroxylation is 3. The third kappa shape index (κ3) is 4.32. The molecule has 3 aromatic carbocycles. The number of amides is 2. The Bertz CT molecular complexity index is 1360. The third-order valence-corrected chi connectivity index (χ3v) is 6.13. The van der Waals surface area contributed by atoms with E-state index in [1.54, 1.807) is 36.4 Å². The van der Waals surface area contributed by atoms with Crippen molar-refractivity contribution < 1.29 is 19.1 Å². The second-order valence-corrected chi connectivity index (χ2v) is 8.59. The molecule has 3 aromatic rings. The molecule has 0 radical (unpaired) electrons. The largest absolute Gasteiger partial charge is 0.423 e. The number of carbonyl (C=O) groups is 3. The van der Waals surface area contributed by atoms with Gasteiger partial charge in [0.1, 0.15) is 16.5 Å². The summed E-state index contributed by atoms with van der Waals surface area (Å²) in [5.74, 6) is -1.12. The number of carbonyl (C=O) groups excluding carboxylic acids is 3. The predicted molar refractivity (Wildman–Crippen MR) is 132 cm³/mol. The van der Waals surface area contributed by atoms with Crippen molar-refractivity contribution in [3.05, 3.63) is 99.2 Å². The SMILES string of the molecule is Cc1ccc(C)c(N2C(=O)C(Cl)=C(Nc3ccc(C(=O)Oc4cccc(C)c4C)cc3)C2=O)c1. The number of benzene rings is 3. The molecule has 1 aliphatic heterocycles. The molecule has 1 aliphatic rings. The first-order valence-electron chi connectivity index (χ1n) is 10.7. The molecule has 1 heterocycles. The summed E-state index contributed by atoms with van der Waals surface area (Å²) in [6, 6.07) is 17.4. The maximum absolute atomic E-state index is 13.1. The Morgan fingerprint density at radius 1 is 0.882 bits per heavy atom. The van der Waals surface area contributed by atoms with E-state index in [1.807, 2.05) is 52.0 Å².